The van der Waals surface area contributed by atoms with E-state index in [0.717, 1.165) is 36.4 Å². The van der Waals surface area contributed by atoms with E-state index >= 15 is 0 Å². The average molecular weight is 391 g/mol. The lowest BCUT2D eigenvalue weighted by Gasteiger charge is -2.26. The first-order valence-corrected chi connectivity index (χ1v) is 10.5. The molecule has 1 saturated heterocycles. The molecule has 1 heterocycles. The van der Waals surface area contributed by atoms with Gasteiger partial charge in [-0.15, -0.1) is 0 Å². The van der Waals surface area contributed by atoms with Crippen LogP contribution in [0.1, 0.15) is 24.4 Å². The SMILES string of the molecule is COc1ccc(OC)c([C@@H]2CCCN2CCNS(=O)(=O)c2ccccc2)c1. The Kier molecular flexibility index (Phi) is 6.36. The smallest absolute Gasteiger partial charge is 0.240 e. The molecule has 0 saturated carbocycles. The third kappa shape index (κ3) is 4.61. The Labute approximate surface area is 161 Å². The van der Waals surface area contributed by atoms with Gasteiger partial charge >= 0.3 is 0 Å². The van der Waals surface area contributed by atoms with Crippen LogP contribution >= 0.6 is 0 Å². The number of sulfonamides is 1. The third-order valence-corrected chi connectivity index (χ3v) is 6.38. The van der Waals surface area contributed by atoms with Crippen LogP contribution in [0.15, 0.2) is 53.4 Å². The molecule has 0 amide bonds. The summed E-state index contributed by atoms with van der Waals surface area (Å²) in [7, 11) is -0.165. The van der Waals surface area contributed by atoms with E-state index in [1.54, 1.807) is 44.6 Å². The van der Waals surface area contributed by atoms with Crippen molar-refractivity contribution in [2.75, 3.05) is 33.9 Å². The Bertz CT molecular complexity index is 856. The number of hydrogen-bond donors (Lipinski definition) is 1. The fourth-order valence-electron chi connectivity index (χ4n) is 3.55. The maximum atomic E-state index is 12.4. The Morgan fingerprint density at radius 1 is 1.11 bits per heavy atom. The standard InChI is InChI=1S/C20H26N2O4S/c1-25-16-10-11-20(26-2)18(15-16)19-9-6-13-22(19)14-12-21-27(23,24)17-7-4-3-5-8-17/h3-5,7-8,10-11,15,19,21H,6,9,12-14H2,1-2H3/t19-/m0/s1. The maximum Gasteiger partial charge on any atom is 0.240 e. The van der Waals surface area contributed by atoms with Crippen LogP contribution in [-0.2, 0) is 10.0 Å². The highest BCUT2D eigenvalue weighted by Crippen LogP contribution is 2.38. The molecule has 7 heteroatoms. The molecule has 1 N–H and O–H groups in total. The third-order valence-electron chi connectivity index (χ3n) is 4.90. The molecule has 1 atom stereocenters. The topological polar surface area (TPSA) is 67.9 Å². The first-order valence-electron chi connectivity index (χ1n) is 9.06. The molecule has 2 aromatic carbocycles. The van der Waals surface area contributed by atoms with E-state index in [0.29, 0.717) is 13.1 Å². The summed E-state index contributed by atoms with van der Waals surface area (Å²) >= 11 is 0. The molecule has 1 aliphatic heterocycles. The van der Waals surface area contributed by atoms with E-state index in [1.165, 1.54) is 0 Å². The molecule has 1 fully saturated rings. The fraction of sp³-hybridized carbons (Fsp3) is 0.400. The number of methoxy groups -OCH3 is 2. The van der Waals surface area contributed by atoms with Gasteiger partial charge in [0.15, 0.2) is 0 Å². The Balaban J connectivity index is 1.67. The van der Waals surface area contributed by atoms with Gasteiger partial charge in [-0.1, -0.05) is 18.2 Å². The van der Waals surface area contributed by atoms with Crippen molar-refractivity contribution in [3.05, 3.63) is 54.1 Å². The van der Waals surface area contributed by atoms with Crippen molar-refractivity contribution in [3.8, 4) is 11.5 Å². The van der Waals surface area contributed by atoms with Crippen molar-refractivity contribution in [1.82, 2.24) is 9.62 Å². The number of nitrogens with one attached hydrogen (secondary N) is 1. The highest BCUT2D eigenvalue weighted by Gasteiger charge is 2.28. The number of likely N-dealkylation sites (tertiary alicyclic amines) is 1. The Morgan fingerprint density at radius 2 is 1.89 bits per heavy atom. The summed E-state index contributed by atoms with van der Waals surface area (Å²) in [4.78, 5) is 2.59. The van der Waals surface area contributed by atoms with Gasteiger partial charge in [0.25, 0.3) is 0 Å². The molecule has 146 valence electrons. The lowest BCUT2D eigenvalue weighted by atomic mass is 10.0. The molecular weight excluding hydrogens is 364 g/mol. The second-order valence-electron chi connectivity index (χ2n) is 6.51. The van der Waals surface area contributed by atoms with Crippen molar-refractivity contribution in [2.45, 2.75) is 23.8 Å². The molecular formula is C20H26N2O4S. The van der Waals surface area contributed by atoms with Crippen LogP contribution in [-0.4, -0.2) is 47.2 Å². The second kappa shape index (κ2) is 8.73. The molecule has 0 radical (unpaired) electrons. The van der Waals surface area contributed by atoms with Gasteiger partial charge in [0.05, 0.1) is 19.1 Å². The predicted molar refractivity (Wildman–Crippen MR) is 105 cm³/mol. The zero-order chi connectivity index (χ0) is 19.3. The quantitative estimate of drug-likeness (QED) is 0.751. The number of hydrogen-bond acceptors (Lipinski definition) is 5. The number of benzene rings is 2. The minimum Gasteiger partial charge on any atom is -0.497 e. The van der Waals surface area contributed by atoms with Gasteiger partial charge in [0.2, 0.25) is 10.0 Å². The van der Waals surface area contributed by atoms with Gasteiger partial charge in [0.1, 0.15) is 11.5 Å². The minimum absolute atomic E-state index is 0.191. The van der Waals surface area contributed by atoms with Crippen LogP contribution in [0.2, 0.25) is 0 Å². The van der Waals surface area contributed by atoms with Crippen LogP contribution in [0.3, 0.4) is 0 Å². The largest absolute Gasteiger partial charge is 0.497 e. The molecule has 0 unspecified atom stereocenters. The number of rotatable bonds is 8. The van der Waals surface area contributed by atoms with Gasteiger partial charge in [-0.05, 0) is 49.7 Å². The minimum atomic E-state index is -3.48. The highest BCUT2D eigenvalue weighted by molar-refractivity contribution is 7.89. The average Bonchev–Trinajstić information content (AvgIpc) is 3.16. The Morgan fingerprint density at radius 3 is 2.59 bits per heavy atom. The first kappa shape index (κ1) is 19.7. The molecule has 0 spiro atoms. The lowest BCUT2D eigenvalue weighted by molar-refractivity contribution is 0.255. The van der Waals surface area contributed by atoms with Gasteiger partial charge in [-0.25, -0.2) is 13.1 Å². The summed E-state index contributed by atoms with van der Waals surface area (Å²) in [5.41, 5.74) is 1.08. The van der Waals surface area contributed by atoms with E-state index in [1.807, 2.05) is 18.2 Å². The summed E-state index contributed by atoms with van der Waals surface area (Å²) in [6, 6.07) is 14.4. The molecule has 0 bridgehead atoms. The molecule has 0 aliphatic carbocycles. The predicted octanol–water partition coefficient (Wildman–Crippen LogP) is 2.82. The number of ether oxygens (including phenoxy) is 2. The molecule has 0 aromatic heterocycles. The molecule has 1 aliphatic rings. The fourth-order valence-corrected chi connectivity index (χ4v) is 4.59. The van der Waals surface area contributed by atoms with Crippen LogP contribution in [0.4, 0.5) is 0 Å². The van der Waals surface area contributed by atoms with Gasteiger partial charge < -0.3 is 9.47 Å². The maximum absolute atomic E-state index is 12.4. The van der Waals surface area contributed by atoms with E-state index in [-0.39, 0.29) is 10.9 Å². The molecule has 27 heavy (non-hydrogen) atoms. The summed E-state index contributed by atoms with van der Waals surface area (Å²) < 4.78 is 38.3. The van der Waals surface area contributed by atoms with E-state index in [2.05, 4.69) is 9.62 Å². The van der Waals surface area contributed by atoms with Crippen molar-refractivity contribution < 1.29 is 17.9 Å². The summed E-state index contributed by atoms with van der Waals surface area (Å²) in [6.45, 7) is 1.93. The van der Waals surface area contributed by atoms with Crippen LogP contribution in [0.25, 0.3) is 0 Å². The molecule has 3 rings (SSSR count). The molecule has 6 nitrogen and oxygen atoms in total. The molecule has 2 aromatic rings. The second-order valence-corrected chi connectivity index (χ2v) is 8.28. The first-order chi connectivity index (χ1) is 13.0. The van der Waals surface area contributed by atoms with Crippen molar-refractivity contribution in [1.29, 1.82) is 0 Å². The summed E-state index contributed by atoms with van der Waals surface area (Å²) in [6.07, 6.45) is 2.07. The van der Waals surface area contributed by atoms with E-state index < -0.39 is 10.0 Å². The highest BCUT2D eigenvalue weighted by atomic mass is 32.2. The monoisotopic (exact) mass is 390 g/mol. The van der Waals surface area contributed by atoms with Gasteiger partial charge in [-0.3, -0.25) is 4.90 Å². The van der Waals surface area contributed by atoms with Crippen molar-refractivity contribution in [2.24, 2.45) is 0 Å². The zero-order valence-corrected chi connectivity index (χ0v) is 16.5. The van der Waals surface area contributed by atoms with Crippen LogP contribution < -0.4 is 14.2 Å². The lowest BCUT2D eigenvalue weighted by Crippen LogP contribution is -2.34. The normalized spacial score (nSPS) is 17.8. The van der Waals surface area contributed by atoms with E-state index in [4.69, 9.17) is 9.47 Å². The Hall–Kier alpha value is -2.09. The van der Waals surface area contributed by atoms with Crippen LogP contribution in [0.5, 0.6) is 11.5 Å². The summed E-state index contributed by atoms with van der Waals surface area (Å²) in [5.74, 6) is 1.62. The van der Waals surface area contributed by atoms with Crippen molar-refractivity contribution >= 4 is 10.0 Å². The number of nitrogens with zero attached hydrogens (tertiary/aromatic N) is 1. The zero-order valence-electron chi connectivity index (χ0n) is 15.7. The summed E-state index contributed by atoms with van der Waals surface area (Å²) in [5, 5.41) is 0. The van der Waals surface area contributed by atoms with Crippen molar-refractivity contribution in [3.63, 3.8) is 0 Å². The van der Waals surface area contributed by atoms with Gasteiger partial charge in [0, 0.05) is 24.7 Å². The van der Waals surface area contributed by atoms with Crippen LogP contribution in [0, 0.1) is 0 Å². The van der Waals surface area contributed by atoms with E-state index in [9.17, 15) is 8.42 Å². The van der Waals surface area contributed by atoms with Gasteiger partial charge in [-0.2, -0.15) is 0 Å².